The van der Waals surface area contributed by atoms with Crippen molar-refractivity contribution in [2.24, 2.45) is 11.7 Å². The third kappa shape index (κ3) is 3.80. The van der Waals surface area contributed by atoms with Gasteiger partial charge in [0.25, 0.3) is 5.91 Å². The zero-order chi connectivity index (χ0) is 15.4. The van der Waals surface area contributed by atoms with Crippen molar-refractivity contribution in [3.8, 4) is 0 Å². The van der Waals surface area contributed by atoms with Gasteiger partial charge in [0.05, 0.1) is 5.56 Å². The van der Waals surface area contributed by atoms with Crippen LogP contribution in [-0.4, -0.2) is 22.8 Å². The molecule has 0 radical (unpaired) electrons. The predicted molar refractivity (Wildman–Crippen MR) is 74.1 cm³/mol. The predicted octanol–water partition coefficient (Wildman–Crippen LogP) is 2.16. The molecule has 2 amide bonds. The zero-order valence-corrected chi connectivity index (χ0v) is 12.4. The van der Waals surface area contributed by atoms with Crippen molar-refractivity contribution >= 4 is 35.0 Å². The topological polar surface area (TPSA) is 85.1 Å². The van der Waals surface area contributed by atoms with E-state index in [-0.39, 0.29) is 16.6 Å². The summed E-state index contributed by atoms with van der Waals surface area (Å²) < 4.78 is 13.3. The summed E-state index contributed by atoms with van der Waals surface area (Å²) in [4.78, 5) is 26.8. The van der Waals surface area contributed by atoms with Crippen molar-refractivity contribution in [3.05, 3.63) is 27.8 Å². The fraction of sp³-hybridized carbons (Fsp3) is 0.417. The van der Waals surface area contributed by atoms with Gasteiger partial charge < -0.3 is 11.1 Å². The highest BCUT2D eigenvalue weighted by Crippen LogP contribution is 2.20. The number of nitrogens with two attached hydrogens (primary N) is 1. The zero-order valence-electron chi connectivity index (χ0n) is 10.9. The Balaban J connectivity index is 3.01. The van der Waals surface area contributed by atoms with Crippen LogP contribution in [0.15, 0.2) is 6.07 Å². The number of rotatable bonds is 5. The second-order valence-electron chi connectivity index (χ2n) is 4.34. The van der Waals surface area contributed by atoms with Crippen LogP contribution in [0.2, 0.25) is 10.3 Å². The van der Waals surface area contributed by atoms with E-state index in [1.54, 1.807) is 6.92 Å². The van der Waals surface area contributed by atoms with Gasteiger partial charge in [0.1, 0.15) is 11.2 Å². The minimum Gasteiger partial charge on any atom is -0.368 e. The van der Waals surface area contributed by atoms with Gasteiger partial charge in [0.15, 0.2) is 11.0 Å². The highest BCUT2D eigenvalue weighted by Gasteiger charge is 2.25. The summed E-state index contributed by atoms with van der Waals surface area (Å²) in [5.74, 6) is -2.45. The molecule has 0 saturated carbocycles. The van der Waals surface area contributed by atoms with Crippen LogP contribution in [0.1, 0.15) is 30.6 Å². The van der Waals surface area contributed by atoms with Gasteiger partial charge in [0, 0.05) is 0 Å². The number of hydrogen-bond acceptors (Lipinski definition) is 3. The molecular formula is C12H14Cl2FN3O2. The number of pyridine rings is 1. The van der Waals surface area contributed by atoms with Crippen LogP contribution in [0, 0.1) is 11.7 Å². The maximum atomic E-state index is 13.3. The molecule has 20 heavy (non-hydrogen) atoms. The molecule has 1 aromatic rings. The average Bonchev–Trinajstić information content (AvgIpc) is 2.38. The second kappa shape index (κ2) is 6.85. The van der Waals surface area contributed by atoms with E-state index in [9.17, 15) is 14.0 Å². The van der Waals surface area contributed by atoms with Crippen LogP contribution in [-0.2, 0) is 4.79 Å². The maximum absolute atomic E-state index is 13.3. The number of carbonyl (C=O) groups excluding carboxylic acids is 2. The molecule has 1 heterocycles. The number of nitrogens with zero attached hydrogens (tertiary/aromatic N) is 1. The van der Waals surface area contributed by atoms with Crippen LogP contribution in [0.25, 0.3) is 0 Å². The molecule has 0 aliphatic carbocycles. The monoisotopic (exact) mass is 321 g/mol. The maximum Gasteiger partial charge on any atom is 0.255 e. The normalized spacial score (nSPS) is 13.7. The molecule has 110 valence electrons. The van der Waals surface area contributed by atoms with E-state index in [2.05, 4.69) is 10.3 Å². The first-order chi connectivity index (χ1) is 9.27. The van der Waals surface area contributed by atoms with Gasteiger partial charge in [-0.2, -0.15) is 0 Å². The Hall–Kier alpha value is -1.40. The number of amides is 2. The molecule has 5 nitrogen and oxygen atoms in total. The first kappa shape index (κ1) is 16.7. The van der Waals surface area contributed by atoms with E-state index in [1.165, 1.54) is 0 Å². The summed E-state index contributed by atoms with van der Waals surface area (Å²) in [5, 5.41) is 1.74. The van der Waals surface area contributed by atoms with Gasteiger partial charge >= 0.3 is 0 Å². The van der Waals surface area contributed by atoms with E-state index in [0.29, 0.717) is 6.42 Å². The molecule has 0 aliphatic rings. The number of nitrogens with one attached hydrogen (secondary N) is 1. The first-order valence-corrected chi connectivity index (χ1v) is 6.65. The number of aromatic nitrogens is 1. The lowest BCUT2D eigenvalue weighted by Gasteiger charge is -2.21. The van der Waals surface area contributed by atoms with Crippen molar-refractivity contribution in [3.63, 3.8) is 0 Å². The second-order valence-corrected chi connectivity index (χ2v) is 5.05. The summed E-state index contributed by atoms with van der Waals surface area (Å²) in [5.41, 5.74) is 5.03. The molecular weight excluding hydrogens is 308 g/mol. The Morgan fingerprint density at radius 1 is 1.45 bits per heavy atom. The fourth-order valence-corrected chi connectivity index (χ4v) is 1.96. The summed E-state index contributed by atoms with van der Waals surface area (Å²) in [6, 6.07) is -0.0101. The van der Waals surface area contributed by atoms with Crippen molar-refractivity contribution < 1.29 is 14.0 Å². The standard InChI is InChI=1S/C12H14Cl2FN3O2/c1-3-5(2)8(11(16)19)17-12(20)6-4-7(15)10(14)18-9(6)13/h4-5,8H,3H2,1-2H3,(H2,16,19)(H,17,20)/t5-,8-/m0/s1. The number of carbonyl (C=O) groups is 2. The third-order valence-electron chi connectivity index (χ3n) is 2.94. The fourth-order valence-electron chi connectivity index (χ4n) is 1.55. The Morgan fingerprint density at radius 2 is 2.05 bits per heavy atom. The summed E-state index contributed by atoms with van der Waals surface area (Å²) in [7, 11) is 0. The van der Waals surface area contributed by atoms with E-state index in [1.807, 2.05) is 6.92 Å². The minimum atomic E-state index is -0.875. The van der Waals surface area contributed by atoms with Gasteiger partial charge in [-0.1, -0.05) is 43.5 Å². The van der Waals surface area contributed by atoms with Gasteiger partial charge in [0.2, 0.25) is 5.91 Å². The average molecular weight is 322 g/mol. The van der Waals surface area contributed by atoms with Crippen molar-refractivity contribution in [2.75, 3.05) is 0 Å². The van der Waals surface area contributed by atoms with Crippen LogP contribution >= 0.6 is 23.2 Å². The summed E-state index contributed by atoms with van der Waals surface area (Å²) in [6.07, 6.45) is 0.634. The van der Waals surface area contributed by atoms with Crippen molar-refractivity contribution in [1.82, 2.24) is 10.3 Å². The molecule has 1 aromatic heterocycles. The molecule has 0 fully saturated rings. The Kier molecular flexibility index (Phi) is 5.71. The van der Waals surface area contributed by atoms with Crippen LogP contribution in [0.5, 0.6) is 0 Å². The van der Waals surface area contributed by atoms with E-state index in [0.717, 1.165) is 6.07 Å². The lowest BCUT2D eigenvalue weighted by atomic mass is 9.98. The SMILES string of the molecule is CC[C@H](C)[C@H](NC(=O)c1cc(F)c(Cl)nc1Cl)C(N)=O. The Bertz CT molecular complexity index is 540. The first-order valence-electron chi connectivity index (χ1n) is 5.89. The van der Waals surface area contributed by atoms with Gasteiger partial charge in [-0.3, -0.25) is 9.59 Å². The molecule has 0 bridgehead atoms. The molecule has 8 heteroatoms. The van der Waals surface area contributed by atoms with Crippen molar-refractivity contribution in [2.45, 2.75) is 26.3 Å². The molecule has 0 aliphatic heterocycles. The lowest BCUT2D eigenvalue weighted by molar-refractivity contribution is -0.120. The van der Waals surface area contributed by atoms with Crippen LogP contribution in [0.4, 0.5) is 4.39 Å². The van der Waals surface area contributed by atoms with E-state index < -0.39 is 28.8 Å². The highest BCUT2D eigenvalue weighted by atomic mass is 35.5. The summed E-state index contributed by atoms with van der Waals surface area (Å²) >= 11 is 11.2. The lowest BCUT2D eigenvalue weighted by Crippen LogP contribution is -2.48. The summed E-state index contributed by atoms with van der Waals surface area (Å²) in [6.45, 7) is 3.61. The molecule has 0 aromatic carbocycles. The molecule has 2 atom stereocenters. The van der Waals surface area contributed by atoms with Crippen molar-refractivity contribution in [1.29, 1.82) is 0 Å². The third-order valence-corrected chi connectivity index (χ3v) is 3.49. The van der Waals surface area contributed by atoms with Gasteiger partial charge in [-0.25, -0.2) is 9.37 Å². The van der Waals surface area contributed by atoms with Gasteiger partial charge in [-0.05, 0) is 12.0 Å². The molecule has 0 unspecified atom stereocenters. The van der Waals surface area contributed by atoms with Gasteiger partial charge in [-0.15, -0.1) is 0 Å². The van der Waals surface area contributed by atoms with E-state index >= 15 is 0 Å². The molecule has 0 spiro atoms. The van der Waals surface area contributed by atoms with Crippen LogP contribution in [0.3, 0.4) is 0 Å². The number of halogens is 3. The molecule has 0 saturated heterocycles. The molecule has 3 N–H and O–H groups in total. The Labute approximate surface area is 125 Å². The Morgan fingerprint density at radius 3 is 2.55 bits per heavy atom. The van der Waals surface area contributed by atoms with Crippen LogP contribution < -0.4 is 11.1 Å². The quantitative estimate of drug-likeness (QED) is 0.815. The minimum absolute atomic E-state index is 0.166. The van der Waals surface area contributed by atoms with E-state index in [4.69, 9.17) is 28.9 Å². The smallest absolute Gasteiger partial charge is 0.255 e. The highest BCUT2D eigenvalue weighted by molar-refractivity contribution is 6.34. The number of primary amides is 1. The number of hydrogen-bond donors (Lipinski definition) is 2. The molecule has 1 rings (SSSR count). The largest absolute Gasteiger partial charge is 0.368 e.